The maximum Gasteiger partial charge on any atom is 0.305 e. The maximum absolute atomic E-state index is 12.1. The molecule has 1 aliphatic rings. The summed E-state index contributed by atoms with van der Waals surface area (Å²) >= 11 is 11.2. The summed E-state index contributed by atoms with van der Waals surface area (Å²) in [7, 11) is 0. The number of hydrogen-bond acceptors (Lipinski definition) is 5. The van der Waals surface area contributed by atoms with Crippen molar-refractivity contribution in [1.29, 1.82) is 0 Å². The molecule has 1 N–H and O–H groups in total. The van der Waals surface area contributed by atoms with E-state index in [-0.39, 0.29) is 18.9 Å². The molecule has 0 unspecified atom stereocenters. The van der Waals surface area contributed by atoms with Gasteiger partial charge in [-0.15, -0.1) is 11.3 Å². The van der Waals surface area contributed by atoms with Crippen molar-refractivity contribution in [2.45, 2.75) is 6.42 Å². The van der Waals surface area contributed by atoms with E-state index in [0.29, 0.717) is 9.23 Å². The van der Waals surface area contributed by atoms with Crippen LogP contribution in [0.4, 0.5) is 0 Å². The zero-order valence-electron chi connectivity index (χ0n) is 9.46. The van der Waals surface area contributed by atoms with Gasteiger partial charge in [-0.05, 0) is 34.1 Å². The number of carbonyl (C=O) groups is 2. The summed E-state index contributed by atoms with van der Waals surface area (Å²) < 4.78 is 1.40. The van der Waals surface area contributed by atoms with Gasteiger partial charge < -0.3 is 5.11 Å². The van der Waals surface area contributed by atoms with Gasteiger partial charge in [0.15, 0.2) is 0 Å². The largest absolute Gasteiger partial charge is 0.481 e. The molecule has 8 heteroatoms. The van der Waals surface area contributed by atoms with Crippen LogP contribution in [0.3, 0.4) is 0 Å². The van der Waals surface area contributed by atoms with E-state index in [1.807, 2.05) is 12.1 Å². The lowest BCUT2D eigenvalue weighted by molar-refractivity contribution is -0.137. The van der Waals surface area contributed by atoms with Crippen LogP contribution in [-0.2, 0) is 9.59 Å². The van der Waals surface area contributed by atoms with Gasteiger partial charge in [0.05, 0.1) is 15.1 Å². The Balaban J connectivity index is 2.13. The summed E-state index contributed by atoms with van der Waals surface area (Å²) in [6.07, 6.45) is 1.67. The zero-order valence-corrected chi connectivity index (χ0v) is 13.5. The minimum Gasteiger partial charge on any atom is -0.481 e. The van der Waals surface area contributed by atoms with Gasteiger partial charge in [0, 0.05) is 11.4 Å². The highest BCUT2D eigenvalue weighted by molar-refractivity contribution is 9.11. The fourth-order valence-electron chi connectivity index (χ4n) is 1.44. The molecule has 1 amide bonds. The van der Waals surface area contributed by atoms with E-state index in [9.17, 15) is 9.59 Å². The van der Waals surface area contributed by atoms with Crippen molar-refractivity contribution >= 4 is 73.5 Å². The fraction of sp³-hybridized carbons (Fsp3) is 0.182. The molecule has 4 nitrogen and oxygen atoms in total. The molecule has 1 saturated heterocycles. The third-order valence-corrected chi connectivity index (χ3v) is 5.24. The minimum atomic E-state index is -0.944. The normalized spacial score (nSPS) is 17.5. The zero-order chi connectivity index (χ0) is 14.0. The number of thioether (sulfide) groups is 1. The average molecular weight is 378 g/mol. The van der Waals surface area contributed by atoms with E-state index >= 15 is 0 Å². The van der Waals surface area contributed by atoms with Crippen LogP contribution in [-0.4, -0.2) is 32.7 Å². The molecule has 0 spiro atoms. The van der Waals surface area contributed by atoms with E-state index in [2.05, 4.69) is 15.9 Å². The van der Waals surface area contributed by atoms with E-state index < -0.39 is 5.97 Å². The number of hydrogen-bond donors (Lipinski definition) is 1. The van der Waals surface area contributed by atoms with E-state index in [1.165, 1.54) is 28.0 Å². The molecule has 0 aromatic carbocycles. The first-order chi connectivity index (χ1) is 8.97. The topological polar surface area (TPSA) is 57.6 Å². The first-order valence-corrected chi connectivity index (χ1v) is 8.03. The van der Waals surface area contributed by atoms with Crippen molar-refractivity contribution in [3.63, 3.8) is 0 Å². The number of carboxylic acids is 1. The minimum absolute atomic E-state index is 0.107. The van der Waals surface area contributed by atoms with Gasteiger partial charge in [-0.25, -0.2) is 0 Å². The van der Waals surface area contributed by atoms with Crippen LogP contribution in [0.2, 0.25) is 0 Å². The lowest BCUT2D eigenvalue weighted by Crippen LogP contribution is -2.30. The van der Waals surface area contributed by atoms with E-state index in [1.54, 1.807) is 6.08 Å². The van der Waals surface area contributed by atoms with Gasteiger partial charge >= 0.3 is 5.97 Å². The molecule has 19 heavy (non-hydrogen) atoms. The number of carbonyl (C=O) groups excluding carboxylic acids is 1. The number of aliphatic carboxylic acids is 1. The molecular formula is C11H8BrNO3S3. The molecule has 0 saturated carbocycles. The second kappa shape index (κ2) is 6.17. The lowest BCUT2D eigenvalue weighted by Gasteiger charge is -2.12. The Morgan fingerprint density at radius 3 is 2.84 bits per heavy atom. The van der Waals surface area contributed by atoms with Crippen LogP contribution in [0.15, 0.2) is 20.8 Å². The number of thiophene rings is 1. The molecule has 1 fully saturated rings. The van der Waals surface area contributed by atoms with E-state index in [0.717, 1.165) is 8.66 Å². The first-order valence-electron chi connectivity index (χ1n) is 5.20. The average Bonchev–Trinajstić information content (AvgIpc) is 2.83. The van der Waals surface area contributed by atoms with Crippen molar-refractivity contribution in [3.05, 3.63) is 25.7 Å². The summed E-state index contributed by atoms with van der Waals surface area (Å²) in [5.41, 5.74) is 0. The Bertz CT molecular complexity index is 581. The third kappa shape index (κ3) is 3.65. The van der Waals surface area contributed by atoms with Crippen LogP contribution in [0, 0.1) is 0 Å². The number of thiocarbonyl (C=S) groups is 1. The van der Waals surface area contributed by atoms with Crippen LogP contribution < -0.4 is 0 Å². The number of carboxylic acid groups (broad SMARTS) is 1. The number of amides is 1. The van der Waals surface area contributed by atoms with Gasteiger partial charge in [-0.3, -0.25) is 14.5 Å². The quantitative estimate of drug-likeness (QED) is 0.644. The van der Waals surface area contributed by atoms with Gasteiger partial charge in [0.1, 0.15) is 4.32 Å². The highest BCUT2D eigenvalue weighted by Crippen LogP contribution is 2.34. The smallest absolute Gasteiger partial charge is 0.305 e. The van der Waals surface area contributed by atoms with Gasteiger partial charge in [0.25, 0.3) is 5.91 Å². The van der Waals surface area contributed by atoms with Crippen molar-refractivity contribution in [1.82, 2.24) is 4.90 Å². The Hall–Kier alpha value is -0.700. The summed E-state index contributed by atoms with van der Waals surface area (Å²) in [6.45, 7) is 0.117. The fourth-order valence-corrected chi connectivity index (χ4v) is 4.18. The number of nitrogens with zero attached hydrogens (tertiary/aromatic N) is 1. The second-order valence-electron chi connectivity index (χ2n) is 3.62. The van der Waals surface area contributed by atoms with Gasteiger partial charge in [-0.1, -0.05) is 24.0 Å². The number of halogens is 1. The highest BCUT2D eigenvalue weighted by Gasteiger charge is 2.32. The first kappa shape index (κ1) is 14.7. The molecule has 0 radical (unpaired) electrons. The molecule has 0 atom stereocenters. The van der Waals surface area contributed by atoms with Crippen molar-refractivity contribution < 1.29 is 14.7 Å². The van der Waals surface area contributed by atoms with Gasteiger partial charge in [0.2, 0.25) is 0 Å². The number of rotatable bonds is 4. The molecule has 0 aliphatic carbocycles. The summed E-state index contributed by atoms with van der Waals surface area (Å²) in [6, 6.07) is 3.81. The van der Waals surface area contributed by atoms with Crippen LogP contribution in [0.5, 0.6) is 0 Å². The summed E-state index contributed by atoms with van der Waals surface area (Å²) in [4.78, 5) is 25.4. The predicted molar refractivity (Wildman–Crippen MR) is 84.2 cm³/mol. The molecule has 1 aromatic heterocycles. The van der Waals surface area contributed by atoms with Gasteiger partial charge in [-0.2, -0.15) is 0 Å². The molecule has 1 aromatic rings. The van der Waals surface area contributed by atoms with Crippen molar-refractivity contribution in [3.8, 4) is 0 Å². The van der Waals surface area contributed by atoms with Crippen LogP contribution >= 0.6 is 51.2 Å². The van der Waals surface area contributed by atoms with E-state index in [4.69, 9.17) is 17.3 Å². The van der Waals surface area contributed by atoms with Crippen LogP contribution in [0.1, 0.15) is 11.3 Å². The lowest BCUT2D eigenvalue weighted by atomic mass is 10.3. The molecule has 100 valence electrons. The molecule has 2 heterocycles. The highest BCUT2D eigenvalue weighted by atomic mass is 79.9. The van der Waals surface area contributed by atoms with Crippen molar-refractivity contribution in [2.24, 2.45) is 0 Å². The summed E-state index contributed by atoms with van der Waals surface area (Å²) in [5, 5.41) is 8.64. The summed E-state index contributed by atoms with van der Waals surface area (Å²) in [5.74, 6) is -1.17. The Kier molecular flexibility index (Phi) is 4.77. The maximum atomic E-state index is 12.1. The van der Waals surface area contributed by atoms with Crippen molar-refractivity contribution in [2.75, 3.05) is 6.54 Å². The Labute approximate surface area is 131 Å². The van der Waals surface area contributed by atoms with Crippen LogP contribution in [0.25, 0.3) is 6.08 Å². The third-order valence-electron chi connectivity index (χ3n) is 2.29. The molecule has 0 bridgehead atoms. The monoisotopic (exact) mass is 377 g/mol. The molecule has 2 rings (SSSR count). The molecule has 1 aliphatic heterocycles. The standard InChI is InChI=1S/C11H8BrNO3S3/c12-8-2-1-6(18-8)5-7-10(16)13(11(17)19-7)4-3-9(14)15/h1-2,5H,3-4H2,(H,14,15)/b7-5-. The SMILES string of the molecule is O=C(O)CCN1C(=O)/C(=C/c2ccc(Br)s2)SC1=S. The Morgan fingerprint density at radius 1 is 1.53 bits per heavy atom. The molecular weight excluding hydrogens is 370 g/mol. The Morgan fingerprint density at radius 2 is 2.26 bits per heavy atom. The predicted octanol–water partition coefficient (Wildman–Crippen LogP) is 3.19. The second-order valence-corrected chi connectivity index (χ2v) is 7.79.